The molecule has 0 fully saturated rings. The Kier molecular flexibility index (Phi) is 9.02. The summed E-state index contributed by atoms with van der Waals surface area (Å²) in [7, 11) is 0. The van der Waals surface area contributed by atoms with Crippen molar-refractivity contribution in [3.05, 3.63) is 0 Å². The molecule has 3 unspecified atom stereocenters. The quantitative estimate of drug-likeness (QED) is 0.612. The van der Waals surface area contributed by atoms with Gasteiger partial charge in [-0.05, 0) is 24.2 Å². The molecule has 0 aliphatic heterocycles. The first-order chi connectivity index (χ1) is 7.47. The largest absolute Gasteiger partial charge is 0.327 e. The van der Waals surface area contributed by atoms with Gasteiger partial charge in [0.25, 0.3) is 0 Å². The van der Waals surface area contributed by atoms with Gasteiger partial charge in [-0.2, -0.15) is 0 Å². The molecule has 0 aliphatic rings. The Hall–Kier alpha value is -0.0400. The minimum absolute atomic E-state index is 0.392. The van der Waals surface area contributed by atoms with Gasteiger partial charge in [0, 0.05) is 6.04 Å². The smallest absolute Gasteiger partial charge is 0.00644 e. The summed E-state index contributed by atoms with van der Waals surface area (Å²) in [6.45, 7) is 11.5. The molecule has 0 aromatic heterocycles. The highest BCUT2D eigenvalue weighted by molar-refractivity contribution is 4.69. The fourth-order valence-corrected chi connectivity index (χ4v) is 2.31. The molecule has 1 nitrogen and oxygen atoms in total. The first-order valence-corrected chi connectivity index (χ1v) is 7.22. The van der Waals surface area contributed by atoms with Gasteiger partial charge in [0.1, 0.15) is 0 Å². The summed E-state index contributed by atoms with van der Waals surface area (Å²) in [5.74, 6) is 2.34. The van der Waals surface area contributed by atoms with Crippen LogP contribution in [0.5, 0.6) is 0 Å². The van der Waals surface area contributed by atoms with Gasteiger partial charge in [-0.3, -0.25) is 0 Å². The van der Waals surface area contributed by atoms with E-state index in [9.17, 15) is 0 Å². The topological polar surface area (TPSA) is 26.0 Å². The highest BCUT2D eigenvalue weighted by Crippen LogP contribution is 2.20. The molecule has 16 heavy (non-hydrogen) atoms. The van der Waals surface area contributed by atoms with Crippen LogP contribution in [0.25, 0.3) is 0 Å². The van der Waals surface area contributed by atoms with Gasteiger partial charge >= 0.3 is 0 Å². The molecule has 0 aromatic rings. The predicted molar refractivity (Wildman–Crippen MR) is 74.5 cm³/mol. The van der Waals surface area contributed by atoms with Gasteiger partial charge in [0.05, 0.1) is 0 Å². The summed E-state index contributed by atoms with van der Waals surface area (Å²) in [4.78, 5) is 0. The second-order valence-electron chi connectivity index (χ2n) is 6.07. The normalized spacial score (nSPS) is 17.4. The average Bonchev–Trinajstić information content (AvgIpc) is 2.17. The maximum atomic E-state index is 6.10. The molecule has 0 saturated carbocycles. The molecule has 0 aromatic carbocycles. The Morgan fingerprint density at radius 2 is 1.44 bits per heavy atom. The Morgan fingerprint density at radius 3 is 1.94 bits per heavy atom. The molecule has 0 radical (unpaired) electrons. The number of nitrogens with two attached hydrogens (primary N) is 1. The monoisotopic (exact) mass is 227 g/mol. The molecule has 0 amide bonds. The maximum absolute atomic E-state index is 6.10. The van der Waals surface area contributed by atoms with Gasteiger partial charge in [-0.15, -0.1) is 0 Å². The van der Waals surface area contributed by atoms with E-state index in [0.29, 0.717) is 12.0 Å². The van der Waals surface area contributed by atoms with Gasteiger partial charge in [-0.25, -0.2) is 0 Å². The van der Waals surface area contributed by atoms with Crippen molar-refractivity contribution in [2.75, 3.05) is 0 Å². The fourth-order valence-electron chi connectivity index (χ4n) is 2.31. The molecule has 0 heterocycles. The van der Waals surface area contributed by atoms with Gasteiger partial charge in [0.15, 0.2) is 0 Å². The highest BCUT2D eigenvalue weighted by Gasteiger charge is 2.12. The van der Waals surface area contributed by atoms with E-state index >= 15 is 0 Å². The first kappa shape index (κ1) is 16.0. The molecule has 0 bridgehead atoms. The van der Waals surface area contributed by atoms with E-state index < -0.39 is 0 Å². The molecule has 2 N–H and O–H groups in total. The SMILES string of the molecule is CCCC(C)CCCC(C)CC(N)C(C)C. The molecule has 0 saturated heterocycles. The van der Waals surface area contributed by atoms with E-state index in [1.807, 2.05) is 0 Å². The summed E-state index contributed by atoms with van der Waals surface area (Å²) in [5, 5.41) is 0. The number of hydrogen-bond donors (Lipinski definition) is 1. The van der Waals surface area contributed by atoms with Crippen LogP contribution < -0.4 is 5.73 Å². The average molecular weight is 227 g/mol. The van der Waals surface area contributed by atoms with E-state index in [1.165, 1.54) is 38.5 Å². The van der Waals surface area contributed by atoms with Crippen molar-refractivity contribution < 1.29 is 0 Å². The molecule has 0 rings (SSSR count). The van der Waals surface area contributed by atoms with Crippen LogP contribution in [-0.4, -0.2) is 6.04 Å². The van der Waals surface area contributed by atoms with Crippen molar-refractivity contribution in [1.29, 1.82) is 0 Å². The van der Waals surface area contributed by atoms with E-state index in [1.54, 1.807) is 0 Å². The highest BCUT2D eigenvalue weighted by atomic mass is 14.6. The van der Waals surface area contributed by atoms with E-state index in [4.69, 9.17) is 5.73 Å². The van der Waals surface area contributed by atoms with Crippen LogP contribution in [0.3, 0.4) is 0 Å². The zero-order valence-electron chi connectivity index (χ0n) is 12.1. The van der Waals surface area contributed by atoms with Crippen LogP contribution in [0.1, 0.15) is 73.1 Å². The minimum atomic E-state index is 0.392. The summed E-state index contributed by atoms with van der Waals surface area (Å²) in [6, 6.07) is 0.392. The van der Waals surface area contributed by atoms with E-state index in [2.05, 4.69) is 34.6 Å². The molecule has 0 aliphatic carbocycles. The molecule has 98 valence electrons. The third-order valence-corrected chi connectivity index (χ3v) is 3.71. The Morgan fingerprint density at radius 1 is 0.875 bits per heavy atom. The molecule has 1 heteroatoms. The lowest BCUT2D eigenvalue weighted by molar-refractivity contribution is 0.353. The minimum Gasteiger partial charge on any atom is -0.327 e. The zero-order chi connectivity index (χ0) is 12.6. The Bertz CT molecular complexity index is 154. The van der Waals surface area contributed by atoms with Crippen molar-refractivity contribution >= 4 is 0 Å². The van der Waals surface area contributed by atoms with E-state index in [0.717, 1.165) is 11.8 Å². The summed E-state index contributed by atoms with van der Waals surface area (Å²) >= 11 is 0. The van der Waals surface area contributed by atoms with Crippen LogP contribution in [0.15, 0.2) is 0 Å². The molecular formula is C15H33N. The van der Waals surface area contributed by atoms with Crippen LogP contribution in [0.4, 0.5) is 0 Å². The maximum Gasteiger partial charge on any atom is 0.00644 e. The lowest BCUT2D eigenvalue weighted by atomic mass is 9.89. The molecule has 0 spiro atoms. The van der Waals surface area contributed by atoms with Gasteiger partial charge in [0.2, 0.25) is 0 Å². The second-order valence-corrected chi connectivity index (χ2v) is 6.07. The van der Waals surface area contributed by atoms with Crippen LogP contribution >= 0.6 is 0 Å². The fraction of sp³-hybridized carbons (Fsp3) is 1.00. The lowest BCUT2D eigenvalue weighted by Crippen LogP contribution is -2.28. The summed E-state index contributed by atoms with van der Waals surface area (Å²) in [5.41, 5.74) is 6.10. The summed E-state index contributed by atoms with van der Waals surface area (Å²) in [6.07, 6.45) is 8.05. The van der Waals surface area contributed by atoms with Crippen molar-refractivity contribution in [2.45, 2.75) is 79.2 Å². The van der Waals surface area contributed by atoms with Crippen LogP contribution in [-0.2, 0) is 0 Å². The number of rotatable bonds is 9. The molecular weight excluding hydrogens is 194 g/mol. The second kappa shape index (κ2) is 9.04. The van der Waals surface area contributed by atoms with Gasteiger partial charge < -0.3 is 5.73 Å². The zero-order valence-corrected chi connectivity index (χ0v) is 12.1. The van der Waals surface area contributed by atoms with Crippen LogP contribution in [0, 0.1) is 17.8 Å². The Balaban J connectivity index is 3.53. The summed E-state index contributed by atoms with van der Waals surface area (Å²) < 4.78 is 0. The number of hydrogen-bond acceptors (Lipinski definition) is 1. The van der Waals surface area contributed by atoms with Gasteiger partial charge in [-0.1, -0.05) is 66.7 Å². The third-order valence-electron chi connectivity index (χ3n) is 3.71. The Labute approximate surface area is 103 Å². The van der Waals surface area contributed by atoms with Crippen molar-refractivity contribution in [2.24, 2.45) is 23.5 Å². The standard InChI is InChI=1S/C15H33N/c1-6-8-13(4)9-7-10-14(5)11-15(16)12(2)3/h12-15H,6-11,16H2,1-5H3. The van der Waals surface area contributed by atoms with Crippen molar-refractivity contribution in [3.8, 4) is 0 Å². The predicted octanol–water partition coefficient (Wildman–Crippen LogP) is 4.60. The first-order valence-electron chi connectivity index (χ1n) is 7.22. The van der Waals surface area contributed by atoms with Crippen molar-refractivity contribution in [3.63, 3.8) is 0 Å². The van der Waals surface area contributed by atoms with Crippen LogP contribution in [0.2, 0.25) is 0 Å². The van der Waals surface area contributed by atoms with E-state index in [-0.39, 0.29) is 0 Å². The molecule has 3 atom stereocenters. The lowest BCUT2D eigenvalue weighted by Gasteiger charge is -2.20. The third kappa shape index (κ3) is 8.15. The van der Waals surface area contributed by atoms with Crippen molar-refractivity contribution in [1.82, 2.24) is 0 Å².